The van der Waals surface area contributed by atoms with E-state index in [9.17, 15) is 0 Å². The van der Waals surface area contributed by atoms with E-state index in [2.05, 4.69) is 69.3 Å². The third-order valence-corrected chi connectivity index (χ3v) is 4.90. The molecule has 112 valence electrons. The SMILES string of the molecule is CCCNc1nc(CSc2cccc(C)c2)nc(C)c1Br. The van der Waals surface area contributed by atoms with Crippen molar-refractivity contribution in [2.45, 2.75) is 37.8 Å². The highest BCUT2D eigenvalue weighted by molar-refractivity contribution is 9.10. The van der Waals surface area contributed by atoms with Crippen molar-refractivity contribution in [3.05, 3.63) is 45.8 Å². The van der Waals surface area contributed by atoms with Gasteiger partial charge in [0.1, 0.15) is 11.6 Å². The molecule has 1 heterocycles. The molecule has 0 aliphatic carbocycles. The summed E-state index contributed by atoms with van der Waals surface area (Å²) in [6, 6.07) is 8.50. The lowest BCUT2D eigenvalue weighted by molar-refractivity contribution is 0.934. The van der Waals surface area contributed by atoms with Crippen molar-refractivity contribution < 1.29 is 0 Å². The van der Waals surface area contributed by atoms with Gasteiger partial charge in [-0.1, -0.05) is 24.6 Å². The van der Waals surface area contributed by atoms with Crippen molar-refractivity contribution in [2.24, 2.45) is 0 Å². The van der Waals surface area contributed by atoms with Crippen molar-refractivity contribution in [2.75, 3.05) is 11.9 Å². The zero-order chi connectivity index (χ0) is 15.2. The van der Waals surface area contributed by atoms with Crippen LogP contribution in [0, 0.1) is 13.8 Å². The van der Waals surface area contributed by atoms with E-state index in [4.69, 9.17) is 0 Å². The number of thioether (sulfide) groups is 1. The third-order valence-electron chi connectivity index (χ3n) is 2.96. The Bertz CT molecular complexity index is 616. The van der Waals surface area contributed by atoms with Gasteiger partial charge in [-0.05, 0) is 48.3 Å². The molecule has 0 unspecified atom stereocenters. The van der Waals surface area contributed by atoms with Crippen LogP contribution in [0.1, 0.15) is 30.4 Å². The van der Waals surface area contributed by atoms with E-state index in [-0.39, 0.29) is 0 Å². The van der Waals surface area contributed by atoms with E-state index in [1.54, 1.807) is 11.8 Å². The quantitative estimate of drug-likeness (QED) is 0.733. The summed E-state index contributed by atoms with van der Waals surface area (Å²) in [5.41, 5.74) is 2.25. The van der Waals surface area contributed by atoms with Gasteiger partial charge in [0, 0.05) is 11.4 Å². The molecule has 0 saturated heterocycles. The summed E-state index contributed by atoms with van der Waals surface area (Å²) in [7, 11) is 0. The molecule has 1 N–H and O–H groups in total. The Balaban J connectivity index is 2.11. The molecule has 5 heteroatoms. The summed E-state index contributed by atoms with van der Waals surface area (Å²) in [5, 5.41) is 3.34. The molecule has 2 rings (SSSR count). The van der Waals surface area contributed by atoms with Crippen LogP contribution in [0.4, 0.5) is 5.82 Å². The molecule has 21 heavy (non-hydrogen) atoms. The predicted octanol–water partition coefficient (Wildman–Crippen LogP) is 4.97. The zero-order valence-corrected chi connectivity index (χ0v) is 15.0. The first kappa shape index (κ1) is 16.3. The maximum atomic E-state index is 4.62. The van der Waals surface area contributed by atoms with Crippen molar-refractivity contribution in [1.82, 2.24) is 9.97 Å². The summed E-state index contributed by atoms with van der Waals surface area (Å²) >= 11 is 5.32. The fourth-order valence-electron chi connectivity index (χ4n) is 1.90. The Morgan fingerprint density at radius 3 is 2.76 bits per heavy atom. The molecule has 1 aromatic heterocycles. The molecule has 0 bridgehead atoms. The number of rotatable bonds is 6. The molecular formula is C16H20BrN3S. The van der Waals surface area contributed by atoms with Crippen LogP contribution in [0.5, 0.6) is 0 Å². The Kier molecular flexibility index (Phi) is 6.06. The number of benzene rings is 1. The highest BCUT2D eigenvalue weighted by atomic mass is 79.9. The monoisotopic (exact) mass is 365 g/mol. The molecule has 2 aromatic rings. The van der Waals surface area contributed by atoms with E-state index in [0.29, 0.717) is 0 Å². The number of anilines is 1. The molecule has 0 amide bonds. The standard InChI is InChI=1S/C16H20BrN3S/c1-4-8-18-16-15(17)12(3)19-14(20-16)10-21-13-7-5-6-11(2)9-13/h5-7,9H,4,8,10H2,1-3H3,(H,18,19,20). The normalized spacial score (nSPS) is 10.7. The number of halogens is 1. The minimum absolute atomic E-state index is 0.776. The van der Waals surface area contributed by atoms with Crippen molar-refractivity contribution in [3.8, 4) is 0 Å². The second-order valence-corrected chi connectivity index (χ2v) is 6.76. The second kappa shape index (κ2) is 7.80. The minimum Gasteiger partial charge on any atom is -0.369 e. The van der Waals surface area contributed by atoms with Gasteiger partial charge in [0.2, 0.25) is 0 Å². The number of hydrogen-bond donors (Lipinski definition) is 1. The lowest BCUT2D eigenvalue weighted by Crippen LogP contribution is -2.07. The second-order valence-electron chi connectivity index (χ2n) is 4.92. The van der Waals surface area contributed by atoms with Gasteiger partial charge in [-0.3, -0.25) is 0 Å². The van der Waals surface area contributed by atoms with Gasteiger partial charge in [-0.25, -0.2) is 9.97 Å². The molecule has 0 spiro atoms. The Morgan fingerprint density at radius 2 is 2.05 bits per heavy atom. The van der Waals surface area contributed by atoms with Crippen LogP contribution < -0.4 is 5.32 Å². The highest BCUT2D eigenvalue weighted by Crippen LogP contribution is 2.26. The third kappa shape index (κ3) is 4.71. The molecule has 0 saturated carbocycles. The van der Waals surface area contributed by atoms with Gasteiger partial charge < -0.3 is 5.32 Å². The summed E-state index contributed by atoms with van der Waals surface area (Å²) in [6.07, 6.45) is 1.07. The predicted molar refractivity (Wildman–Crippen MR) is 94.0 cm³/mol. The summed E-state index contributed by atoms with van der Waals surface area (Å²) in [5.74, 6) is 2.53. The van der Waals surface area contributed by atoms with Crippen molar-refractivity contribution in [1.29, 1.82) is 0 Å². The smallest absolute Gasteiger partial charge is 0.144 e. The molecule has 1 aromatic carbocycles. The fraction of sp³-hybridized carbons (Fsp3) is 0.375. The topological polar surface area (TPSA) is 37.8 Å². The molecular weight excluding hydrogens is 346 g/mol. The molecule has 0 radical (unpaired) electrons. The van der Waals surface area contributed by atoms with Crippen LogP contribution in [-0.2, 0) is 5.75 Å². The van der Waals surface area contributed by atoms with Crippen molar-refractivity contribution >= 4 is 33.5 Å². The van der Waals surface area contributed by atoms with Gasteiger partial charge in [0.15, 0.2) is 0 Å². The number of nitrogens with zero attached hydrogens (tertiary/aromatic N) is 2. The van der Waals surface area contributed by atoms with Gasteiger partial charge in [0.05, 0.1) is 15.9 Å². The Morgan fingerprint density at radius 1 is 1.24 bits per heavy atom. The van der Waals surface area contributed by atoms with E-state index >= 15 is 0 Å². The maximum Gasteiger partial charge on any atom is 0.144 e. The number of hydrogen-bond acceptors (Lipinski definition) is 4. The van der Waals surface area contributed by atoms with E-state index in [0.717, 1.165) is 40.5 Å². The molecule has 0 fully saturated rings. The van der Waals surface area contributed by atoms with Crippen LogP contribution in [0.15, 0.2) is 33.6 Å². The fourth-order valence-corrected chi connectivity index (χ4v) is 3.08. The van der Waals surface area contributed by atoms with Crippen LogP contribution in [0.25, 0.3) is 0 Å². The van der Waals surface area contributed by atoms with Crippen LogP contribution in [0.2, 0.25) is 0 Å². The summed E-state index contributed by atoms with van der Waals surface area (Å²) in [4.78, 5) is 10.4. The highest BCUT2D eigenvalue weighted by Gasteiger charge is 2.09. The van der Waals surface area contributed by atoms with Gasteiger partial charge in [0.25, 0.3) is 0 Å². The first-order valence-electron chi connectivity index (χ1n) is 7.06. The maximum absolute atomic E-state index is 4.62. The molecule has 3 nitrogen and oxygen atoms in total. The number of aromatic nitrogens is 2. The average Bonchev–Trinajstić information content (AvgIpc) is 2.47. The lowest BCUT2D eigenvalue weighted by atomic mass is 10.2. The van der Waals surface area contributed by atoms with Gasteiger partial charge >= 0.3 is 0 Å². The Hall–Kier alpha value is -1.07. The van der Waals surface area contributed by atoms with E-state index in [1.165, 1.54) is 10.5 Å². The van der Waals surface area contributed by atoms with Crippen LogP contribution in [-0.4, -0.2) is 16.5 Å². The summed E-state index contributed by atoms with van der Waals surface area (Å²) < 4.78 is 0.959. The van der Waals surface area contributed by atoms with Crippen molar-refractivity contribution in [3.63, 3.8) is 0 Å². The average molecular weight is 366 g/mol. The zero-order valence-electron chi connectivity index (χ0n) is 12.6. The summed E-state index contributed by atoms with van der Waals surface area (Å²) in [6.45, 7) is 7.17. The number of nitrogens with one attached hydrogen (secondary N) is 1. The lowest BCUT2D eigenvalue weighted by Gasteiger charge is -2.10. The van der Waals surface area contributed by atoms with Crippen LogP contribution in [0.3, 0.4) is 0 Å². The number of aryl methyl sites for hydroxylation is 2. The van der Waals surface area contributed by atoms with Gasteiger partial charge in [-0.2, -0.15) is 0 Å². The molecule has 0 aliphatic rings. The van der Waals surface area contributed by atoms with E-state index < -0.39 is 0 Å². The largest absolute Gasteiger partial charge is 0.369 e. The van der Waals surface area contributed by atoms with Crippen LogP contribution >= 0.6 is 27.7 Å². The molecule has 0 atom stereocenters. The van der Waals surface area contributed by atoms with E-state index in [1.807, 2.05) is 6.92 Å². The first-order valence-corrected chi connectivity index (χ1v) is 8.84. The minimum atomic E-state index is 0.776. The first-order chi connectivity index (χ1) is 10.1. The van der Waals surface area contributed by atoms with Gasteiger partial charge in [-0.15, -0.1) is 11.8 Å². The molecule has 0 aliphatic heterocycles. The Labute approximate surface area is 139 Å².